The summed E-state index contributed by atoms with van der Waals surface area (Å²) in [6.07, 6.45) is -0.0265. The maximum atomic E-state index is 13.7. The van der Waals surface area contributed by atoms with Crippen molar-refractivity contribution in [1.82, 2.24) is 25.8 Å². The summed E-state index contributed by atoms with van der Waals surface area (Å²) in [6, 6.07) is 14.3. The highest BCUT2D eigenvalue weighted by molar-refractivity contribution is 6.30. The summed E-state index contributed by atoms with van der Waals surface area (Å²) in [6.45, 7) is 3.84. The number of halogens is 2. The van der Waals surface area contributed by atoms with E-state index in [1.807, 2.05) is 0 Å². The maximum Gasteiger partial charge on any atom is 0.268 e. The number of nitrogens with one attached hydrogen (secondary N) is 5. The number of aromatic amines is 1. The van der Waals surface area contributed by atoms with E-state index < -0.39 is 52.9 Å². The minimum absolute atomic E-state index is 0.0451. The molecule has 3 aliphatic rings. The van der Waals surface area contributed by atoms with Crippen LogP contribution in [0.1, 0.15) is 56.0 Å². The van der Waals surface area contributed by atoms with Crippen LogP contribution in [0.25, 0.3) is 10.9 Å². The third-order valence-corrected chi connectivity index (χ3v) is 11.5. The molecule has 68 heavy (non-hydrogen) atoms. The van der Waals surface area contributed by atoms with Gasteiger partial charge in [-0.05, 0) is 66.6 Å². The standard InChI is InChI=1S/C46H51ClFN7O13/c47-30-22-28(23-31(48)26-30)27-51-44(61)46(63)8-11-54(45(46)62)32-4-5-34-29(24-32)25-36(52-34)40(57)50-10-13-65-15-17-67-19-21-68-20-18-66-16-14-64-12-9-49-35-3-1-2-33-39(35)43(60)55(42(33)59)37-6-7-38(56)53-41(37)58/h1-5,22-26,37,49,52,63H,6-21,27H2,(H,50,57)(H,51,61)(H,53,56,58). The number of hydrogen-bond acceptors (Lipinski definition) is 14. The summed E-state index contributed by atoms with van der Waals surface area (Å²) in [5.41, 5.74) is 0.267. The SMILES string of the molecule is O=C1CCC(N2C(=O)c3cccc(NCCOCCOCCOCCOCCOCCNC(=O)c4cc5cc(N6CCC(O)(C(=O)NCc7cc(F)cc(Cl)c7)C6=O)ccc5[nH]4)c3C2=O)C(=O)N1. The summed E-state index contributed by atoms with van der Waals surface area (Å²) >= 11 is 5.88. The van der Waals surface area contributed by atoms with Crippen molar-refractivity contribution in [3.63, 3.8) is 0 Å². The number of aliphatic hydroxyl groups is 1. The Morgan fingerprint density at radius 2 is 1.49 bits per heavy atom. The van der Waals surface area contributed by atoms with Crippen LogP contribution in [0.4, 0.5) is 15.8 Å². The summed E-state index contributed by atoms with van der Waals surface area (Å²) in [4.78, 5) is 94.4. The van der Waals surface area contributed by atoms with Crippen molar-refractivity contribution in [2.45, 2.75) is 37.5 Å². The number of amides is 7. The second-order valence-corrected chi connectivity index (χ2v) is 16.3. The first-order valence-corrected chi connectivity index (χ1v) is 22.4. The molecule has 0 saturated carbocycles. The predicted octanol–water partition coefficient (Wildman–Crippen LogP) is 2.07. The van der Waals surface area contributed by atoms with E-state index in [9.17, 15) is 43.1 Å². The van der Waals surface area contributed by atoms with Crippen LogP contribution in [0.5, 0.6) is 0 Å². The Hall–Kier alpha value is -6.33. The number of rotatable bonds is 25. The van der Waals surface area contributed by atoms with Crippen molar-refractivity contribution in [3.8, 4) is 0 Å². The highest BCUT2D eigenvalue weighted by atomic mass is 35.5. The van der Waals surface area contributed by atoms with Gasteiger partial charge in [-0.2, -0.15) is 0 Å². The first-order valence-electron chi connectivity index (χ1n) is 22.0. The zero-order valence-electron chi connectivity index (χ0n) is 36.9. The van der Waals surface area contributed by atoms with Gasteiger partial charge in [-0.3, -0.25) is 43.8 Å². The van der Waals surface area contributed by atoms with E-state index in [1.165, 1.54) is 23.1 Å². The number of hydrogen-bond donors (Lipinski definition) is 6. The molecule has 22 heteroatoms. The van der Waals surface area contributed by atoms with Crippen LogP contribution in [0.15, 0.2) is 60.7 Å². The maximum absolute atomic E-state index is 13.7. The second kappa shape index (κ2) is 23.1. The number of H-pyrrole nitrogens is 1. The van der Waals surface area contributed by atoms with Crippen LogP contribution in [0.3, 0.4) is 0 Å². The average molecular weight is 964 g/mol. The van der Waals surface area contributed by atoms with Gasteiger partial charge in [0.05, 0.1) is 77.2 Å². The molecule has 2 unspecified atom stereocenters. The fourth-order valence-electron chi connectivity index (χ4n) is 7.85. The smallest absolute Gasteiger partial charge is 0.268 e. The first kappa shape index (κ1) is 49.6. The van der Waals surface area contributed by atoms with Gasteiger partial charge in [0.1, 0.15) is 17.6 Å². The number of imide groups is 2. The van der Waals surface area contributed by atoms with Crippen LogP contribution in [0, 0.1) is 5.82 Å². The van der Waals surface area contributed by atoms with Crippen molar-refractivity contribution in [2.75, 3.05) is 95.9 Å². The monoisotopic (exact) mass is 963 g/mol. The summed E-state index contributed by atoms with van der Waals surface area (Å²) in [7, 11) is 0. The van der Waals surface area contributed by atoms with Gasteiger partial charge in [0, 0.05) is 66.3 Å². The largest absolute Gasteiger partial charge is 0.382 e. The van der Waals surface area contributed by atoms with Gasteiger partial charge < -0.3 is 54.6 Å². The lowest BCUT2D eigenvalue weighted by atomic mass is 10.0. The van der Waals surface area contributed by atoms with Crippen molar-refractivity contribution in [1.29, 1.82) is 0 Å². The zero-order valence-corrected chi connectivity index (χ0v) is 37.6. The van der Waals surface area contributed by atoms with Crippen LogP contribution in [-0.4, -0.2) is 154 Å². The number of nitrogens with zero attached hydrogens (tertiary/aromatic N) is 2. The number of fused-ring (bicyclic) bond motifs is 2. The Labute approximate surface area is 394 Å². The zero-order chi connectivity index (χ0) is 48.2. The van der Waals surface area contributed by atoms with Crippen molar-refractivity contribution >= 4 is 75.2 Å². The van der Waals surface area contributed by atoms with Crippen molar-refractivity contribution < 1.29 is 66.7 Å². The molecular weight excluding hydrogens is 913 g/mol. The molecule has 6 N–H and O–H groups in total. The van der Waals surface area contributed by atoms with Gasteiger partial charge in [-0.1, -0.05) is 17.7 Å². The summed E-state index contributed by atoms with van der Waals surface area (Å²) < 4.78 is 41.4. The Bertz CT molecular complexity index is 2520. The Morgan fingerprint density at radius 1 is 0.809 bits per heavy atom. The molecule has 2 atom stereocenters. The third-order valence-electron chi connectivity index (χ3n) is 11.3. The molecule has 20 nitrogen and oxygen atoms in total. The van der Waals surface area contributed by atoms with Crippen LogP contribution < -0.4 is 26.2 Å². The predicted molar refractivity (Wildman–Crippen MR) is 242 cm³/mol. The highest BCUT2D eigenvalue weighted by Crippen LogP contribution is 2.33. The fourth-order valence-corrected chi connectivity index (χ4v) is 8.09. The molecule has 2 fully saturated rings. The molecule has 7 amide bonds. The average Bonchev–Trinajstić information content (AvgIpc) is 3.96. The quantitative estimate of drug-likeness (QED) is 0.0316. The van der Waals surface area contributed by atoms with E-state index in [0.717, 1.165) is 11.0 Å². The summed E-state index contributed by atoms with van der Waals surface area (Å²) in [5, 5.41) is 22.4. The molecule has 7 rings (SSSR count). The number of ether oxygens (including phenoxy) is 5. The number of aromatic nitrogens is 1. The highest BCUT2D eigenvalue weighted by Gasteiger charge is 2.52. The lowest BCUT2D eigenvalue weighted by Crippen LogP contribution is -2.54. The molecule has 3 aliphatic heterocycles. The van der Waals surface area contributed by atoms with Gasteiger partial charge in [-0.25, -0.2) is 4.39 Å². The molecule has 0 spiro atoms. The first-order chi connectivity index (χ1) is 32.8. The normalized spacial score (nSPS) is 18.1. The van der Waals surface area contributed by atoms with E-state index in [2.05, 4.69) is 26.3 Å². The molecular formula is C46H51ClFN7O13. The molecule has 4 aromatic rings. The Balaban J connectivity index is 0.683. The molecule has 2 saturated heterocycles. The van der Waals surface area contributed by atoms with Gasteiger partial charge in [0.2, 0.25) is 17.4 Å². The number of carbonyl (C=O) groups excluding carboxylic acids is 7. The number of anilines is 2. The topological polar surface area (TPSA) is 256 Å². The molecule has 3 aromatic carbocycles. The minimum Gasteiger partial charge on any atom is -0.382 e. The molecule has 362 valence electrons. The van der Waals surface area contributed by atoms with E-state index in [-0.39, 0.29) is 67.6 Å². The molecule has 4 heterocycles. The van der Waals surface area contributed by atoms with E-state index in [4.69, 9.17) is 35.3 Å². The van der Waals surface area contributed by atoms with Crippen LogP contribution in [0.2, 0.25) is 5.02 Å². The van der Waals surface area contributed by atoms with Crippen LogP contribution in [-0.2, 0) is 49.4 Å². The lowest BCUT2D eigenvalue weighted by Gasteiger charge is -2.27. The van der Waals surface area contributed by atoms with E-state index >= 15 is 0 Å². The van der Waals surface area contributed by atoms with E-state index in [1.54, 1.807) is 36.4 Å². The molecule has 0 radical (unpaired) electrons. The third kappa shape index (κ3) is 12.0. The minimum atomic E-state index is -2.31. The number of carbonyl (C=O) groups is 7. The number of benzene rings is 3. The molecule has 1 aromatic heterocycles. The van der Waals surface area contributed by atoms with Gasteiger partial charge >= 0.3 is 0 Å². The Kier molecular flexibility index (Phi) is 16.9. The lowest BCUT2D eigenvalue weighted by molar-refractivity contribution is -0.149. The summed E-state index contributed by atoms with van der Waals surface area (Å²) in [5.74, 6) is -4.89. The van der Waals surface area contributed by atoms with Crippen molar-refractivity contribution in [3.05, 3.63) is 93.9 Å². The van der Waals surface area contributed by atoms with Gasteiger partial charge in [0.25, 0.3) is 29.5 Å². The van der Waals surface area contributed by atoms with Crippen molar-refractivity contribution in [2.24, 2.45) is 0 Å². The fraction of sp³-hybridized carbons (Fsp3) is 0.413. The molecule has 0 aliphatic carbocycles. The number of piperidine rings is 1. The Morgan fingerprint density at radius 3 is 2.16 bits per heavy atom. The van der Waals surface area contributed by atoms with E-state index in [0.29, 0.717) is 99.5 Å². The van der Waals surface area contributed by atoms with Gasteiger partial charge in [0.15, 0.2) is 0 Å². The molecule has 0 bridgehead atoms. The second-order valence-electron chi connectivity index (χ2n) is 15.9. The van der Waals surface area contributed by atoms with Crippen LogP contribution >= 0.6 is 11.6 Å². The van der Waals surface area contributed by atoms with Gasteiger partial charge in [-0.15, -0.1) is 0 Å².